The lowest BCUT2D eigenvalue weighted by atomic mass is 9.97. The van der Waals surface area contributed by atoms with Gasteiger partial charge in [-0.15, -0.1) is 0 Å². The number of hydrogen-bond donors (Lipinski definition) is 0. The molecule has 0 N–H and O–H groups in total. The molecule has 9 aromatic carbocycles. The number of hydrogen-bond acceptors (Lipinski definition) is 4. The van der Waals surface area contributed by atoms with E-state index in [-0.39, 0.29) is 0 Å². The quantitative estimate of drug-likeness (QED) is 0.109. The summed E-state index contributed by atoms with van der Waals surface area (Å²) in [6.07, 6.45) is 6.02. The molecule has 0 aliphatic heterocycles. The molecule has 0 bridgehead atoms. The van der Waals surface area contributed by atoms with Crippen molar-refractivity contribution < 1.29 is 0 Å². The van der Waals surface area contributed by atoms with Crippen LogP contribution in [0, 0.1) is 0 Å². The van der Waals surface area contributed by atoms with Crippen LogP contribution in [0.1, 0.15) is 62.8 Å². The summed E-state index contributed by atoms with van der Waals surface area (Å²) in [4.78, 5) is 21.3. The molecule has 0 fully saturated rings. The fraction of sp³-hybridized carbons (Fsp3) is 0.147. The molecule has 0 aliphatic carbocycles. The van der Waals surface area contributed by atoms with Gasteiger partial charge in [0.25, 0.3) is 0 Å². The number of fused-ring (bicyclic) bond motifs is 3. The van der Waals surface area contributed by atoms with Crippen LogP contribution in [0.4, 0.5) is 0 Å². The number of para-hydroxylation sites is 4. The van der Waals surface area contributed by atoms with E-state index in [0.29, 0.717) is 0 Å². The standard InChI is InChI=1S/C68H58N6/c1-5-17-51-39-40-54(18-6-2)66-64(51)72-68(74(66)58-21-13-10-14-22-58)56-43-33-50(34-44-56)48-29-37-53(38-30-48)62-61(69-59-23-15-16-24-60(59)70-62)52-35-27-47(28-36-52)49-31-41-55(42-32-49)67-71-63-45(7-3)25-26-46(8-4)65(63)73(67)57-19-11-9-12-20-57/h9-16,19-44H,5-8,17-18H2,1-4H3. The fourth-order valence-corrected chi connectivity index (χ4v) is 10.8. The Hall–Kier alpha value is -8.74. The van der Waals surface area contributed by atoms with Gasteiger partial charge in [-0.2, -0.15) is 0 Å². The van der Waals surface area contributed by atoms with E-state index in [9.17, 15) is 0 Å². The number of imidazole rings is 2. The second-order valence-electron chi connectivity index (χ2n) is 19.3. The minimum absolute atomic E-state index is 0.853. The topological polar surface area (TPSA) is 61.4 Å². The first kappa shape index (κ1) is 46.3. The van der Waals surface area contributed by atoms with Gasteiger partial charge in [0.1, 0.15) is 11.6 Å². The van der Waals surface area contributed by atoms with Crippen molar-refractivity contribution in [1.82, 2.24) is 29.1 Å². The lowest BCUT2D eigenvalue weighted by Crippen LogP contribution is -2.00. The molecular weight excluding hydrogens is 901 g/mol. The maximum absolute atomic E-state index is 5.43. The summed E-state index contributed by atoms with van der Waals surface area (Å²) in [6, 6.07) is 73.8. The summed E-state index contributed by atoms with van der Waals surface area (Å²) in [5.41, 5.74) is 24.2. The first-order chi connectivity index (χ1) is 36.5. The molecule has 0 saturated carbocycles. The molecule has 3 aromatic heterocycles. The van der Waals surface area contributed by atoms with E-state index in [1.165, 1.54) is 33.3 Å². The monoisotopic (exact) mass is 958 g/mol. The molecule has 0 saturated heterocycles. The lowest BCUT2D eigenvalue weighted by Gasteiger charge is -2.13. The molecule has 6 heteroatoms. The summed E-state index contributed by atoms with van der Waals surface area (Å²) in [5, 5.41) is 0. The molecule has 0 spiro atoms. The zero-order valence-corrected chi connectivity index (χ0v) is 42.6. The van der Waals surface area contributed by atoms with Crippen LogP contribution >= 0.6 is 0 Å². The summed E-state index contributed by atoms with van der Waals surface area (Å²) in [7, 11) is 0. The maximum atomic E-state index is 5.43. The number of aromatic nitrogens is 6. The van der Waals surface area contributed by atoms with Crippen LogP contribution < -0.4 is 0 Å². The molecule has 0 amide bonds. The largest absolute Gasteiger partial charge is 0.292 e. The van der Waals surface area contributed by atoms with Crippen LogP contribution in [0.25, 0.3) is 112 Å². The lowest BCUT2D eigenvalue weighted by molar-refractivity contribution is 0.910. The molecule has 12 rings (SSSR count). The van der Waals surface area contributed by atoms with Crippen molar-refractivity contribution >= 4 is 33.1 Å². The summed E-state index contributed by atoms with van der Waals surface area (Å²) in [6.45, 7) is 8.93. The molecule has 360 valence electrons. The smallest absolute Gasteiger partial charge is 0.145 e. The van der Waals surface area contributed by atoms with E-state index in [0.717, 1.165) is 140 Å². The molecule has 12 aromatic rings. The molecule has 6 nitrogen and oxygen atoms in total. The van der Waals surface area contributed by atoms with Gasteiger partial charge < -0.3 is 0 Å². The van der Waals surface area contributed by atoms with E-state index in [4.69, 9.17) is 19.9 Å². The van der Waals surface area contributed by atoms with Crippen molar-refractivity contribution in [2.24, 2.45) is 0 Å². The van der Waals surface area contributed by atoms with Crippen molar-refractivity contribution in [2.45, 2.75) is 66.2 Å². The van der Waals surface area contributed by atoms with E-state index < -0.39 is 0 Å². The van der Waals surface area contributed by atoms with E-state index in [1.807, 2.05) is 24.3 Å². The van der Waals surface area contributed by atoms with Gasteiger partial charge in [-0.1, -0.05) is 210 Å². The van der Waals surface area contributed by atoms with Crippen molar-refractivity contribution in [2.75, 3.05) is 0 Å². The van der Waals surface area contributed by atoms with Gasteiger partial charge in [0.05, 0.1) is 44.5 Å². The third kappa shape index (κ3) is 8.46. The van der Waals surface area contributed by atoms with Gasteiger partial charge in [0.2, 0.25) is 0 Å². The minimum Gasteiger partial charge on any atom is -0.292 e. The highest BCUT2D eigenvalue weighted by Crippen LogP contribution is 2.38. The molecule has 0 unspecified atom stereocenters. The van der Waals surface area contributed by atoms with Gasteiger partial charge in [-0.3, -0.25) is 9.13 Å². The average molecular weight is 959 g/mol. The minimum atomic E-state index is 0.853. The van der Waals surface area contributed by atoms with E-state index in [2.05, 4.69) is 219 Å². The number of nitrogens with zero attached hydrogens (tertiary/aromatic N) is 6. The molecule has 0 aliphatic rings. The van der Waals surface area contributed by atoms with Crippen LogP contribution in [0.15, 0.2) is 206 Å². The maximum Gasteiger partial charge on any atom is 0.145 e. The second-order valence-corrected chi connectivity index (χ2v) is 19.3. The van der Waals surface area contributed by atoms with Crippen LogP contribution in [-0.4, -0.2) is 29.1 Å². The zero-order chi connectivity index (χ0) is 50.1. The Morgan fingerprint density at radius 1 is 0.297 bits per heavy atom. The van der Waals surface area contributed by atoms with Crippen LogP contribution in [-0.2, 0) is 25.7 Å². The van der Waals surface area contributed by atoms with Gasteiger partial charge in [-0.05, 0) is 107 Å². The van der Waals surface area contributed by atoms with Crippen LogP contribution in [0.3, 0.4) is 0 Å². The molecule has 74 heavy (non-hydrogen) atoms. The first-order valence-electron chi connectivity index (χ1n) is 26.4. The highest BCUT2D eigenvalue weighted by atomic mass is 15.1. The SMILES string of the molecule is CCCc1ccc(CCC)c2c1nc(-c1ccc(-c3ccc(-c4nc5ccccc5nc4-c4ccc(-c5ccc(-c6nc7c(CC)ccc(CC)c7n6-c6ccccc6)cc5)cc4)cc3)cc1)n2-c1ccccc1. The molecule has 0 atom stereocenters. The summed E-state index contributed by atoms with van der Waals surface area (Å²) in [5.74, 6) is 1.92. The molecule has 0 radical (unpaired) electrons. The predicted octanol–water partition coefficient (Wildman–Crippen LogP) is 17.3. The van der Waals surface area contributed by atoms with E-state index in [1.54, 1.807) is 0 Å². The Bertz CT molecular complexity index is 3940. The number of aryl methyl sites for hydroxylation is 4. The molecule has 3 heterocycles. The number of benzene rings is 9. The Morgan fingerprint density at radius 2 is 0.635 bits per heavy atom. The Morgan fingerprint density at radius 3 is 1.07 bits per heavy atom. The van der Waals surface area contributed by atoms with E-state index >= 15 is 0 Å². The van der Waals surface area contributed by atoms with Gasteiger partial charge in [-0.25, -0.2) is 19.9 Å². The summed E-state index contributed by atoms with van der Waals surface area (Å²) < 4.78 is 4.73. The van der Waals surface area contributed by atoms with Gasteiger partial charge in [0, 0.05) is 33.6 Å². The Labute approximate surface area is 433 Å². The highest BCUT2D eigenvalue weighted by Gasteiger charge is 2.22. The first-order valence-corrected chi connectivity index (χ1v) is 26.4. The van der Waals surface area contributed by atoms with Gasteiger partial charge >= 0.3 is 0 Å². The van der Waals surface area contributed by atoms with Crippen molar-refractivity contribution in [1.29, 1.82) is 0 Å². The number of rotatable bonds is 14. The van der Waals surface area contributed by atoms with Crippen LogP contribution in [0.5, 0.6) is 0 Å². The average Bonchev–Trinajstić information content (AvgIpc) is 4.08. The van der Waals surface area contributed by atoms with Crippen LogP contribution in [0.2, 0.25) is 0 Å². The van der Waals surface area contributed by atoms with Gasteiger partial charge in [0.15, 0.2) is 0 Å². The molecular formula is C68H58N6. The third-order valence-electron chi connectivity index (χ3n) is 14.6. The third-order valence-corrected chi connectivity index (χ3v) is 14.6. The van der Waals surface area contributed by atoms with Crippen molar-refractivity contribution in [3.05, 3.63) is 229 Å². The fourth-order valence-electron chi connectivity index (χ4n) is 10.8. The Balaban J connectivity index is 0.851. The Kier molecular flexibility index (Phi) is 12.6. The van der Waals surface area contributed by atoms with Crippen molar-refractivity contribution in [3.8, 4) is 78.9 Å². The normalized spacial score (nSPS) is 11.6. The zero-order valence-electron chi connectivity index (χ0n) is 42.6. The highest BCUT2D eigenvalue weighted by molar-refractivity contribution is 5.91. The predicted molar refractivity (Wildman–Crippen MR) is 308 cm³/mol. The second kappa shape index (κ2) is 20.0. The van der Waals surface area contributed by atoms with Crippen molar-refractivity contribution in [3.63, 3.8) is 0 Å². The summed E-state index contributed by atoms with van der Waals surface area (Å²) >= 11 is 0.